The zero-order chi connectivity index (χ0) is 17.8. The number of carboxylic acid groups (broad SMARTS) is 1. The Labute approximate surface area is 143 Å². The second kappa shape index (κ2) is 7.12. The number of carboxylic acids is 1. The van der Waals surface area contributed by atoms with Crippen LogP contribution in [0.25, 0.3) is 0 Å². The SMILES string of the molecule is O=C(O)CCCC(=O)Nc1nc2n(n1)[C@H](c1ccccc1)CC(=O)N2. The molecule has 1 aromatic carbocycles. The van der Waals surface area contributed by atoms with Crippen molar-refractivity contribution in [2.75, 3.05) is 10.6 Å². The maximum atomic E-state index is 11.9. The summed E-state index contributed by atoms with van der Waals surface area (Å²) in [5, 5.41) is 18.0. The summed E-state index contributed by atoms with van der Waals surface area (Å²) in [6.45, 7) is 0. The van der Waals surface area contributed by atoms with Gasteiger partial charge in [-0.3, -0.25) is 25.0 Å². The molecule has 2 heterocycles. The average molecular weight is 343 g/mol. The first-order valence-corrected chi connectivity index (χ1v) is 7.86. The van der Waals surface area contributed by atoms with Gasteiger partial charge in [-0.15, -0.1) is 5.10 Å². The molecule has 0 spiro atoms. The van der Waals surface area contributed by atoms with Gasteiger partial charge in [0.15, 0.2) is 0 Å². The summed E-state index contributed by atoms with van der Waals surface area (Å²) in [5.41, 5.74) is 0.919. The molecule has 130 valence electrons. The number of aromatic nitrogens is 3. The Morgan fingerprint density at radius 1 is 1.28 bits per heavy atom. The average Bonchev–Trinajstić information content (AvgIpc) is 2.96. The molecule has 0 radical (unpaired) electrons. The van der Waals surface area contributed by atoms with Gasteiger partial charge in [-0.25, -0.2) is 4.68 Å². The van der Waals surface area contributed by atoms with E-state index in [1.807, 2.05) is 30.3 Å². The van der Waals surface area contributed by atoms with Gasteiger partial charge in [-0.1, -0.05) is 30.3 Å². The lowest BCUT2D eigenvalue weighted by atomic mass is 10.0. The molecular weight excluding hydrogens is 326 g/mol. The Kier molecular flexibility index (Phi) is 4.73. The van der Waals surface area contributed by atoms with Gasteiger partial charge in [0.25, 0.3) is 5.95 Å². The molecule has 2 aromatic rings. The Morgan fingerprint density at radius 3 is 2.76 bits per heavy atom. The maximum Gasteiger partial charge on any atom is 0.303 e. The smallest absolute Gasteiger partial charge is 0.303 e. The first kappa shape index (κ1) is 16.6. The summed E-state index contributed by atoms with van der Waals surface area (Å²) in [6.07, 6.45) is 0.446. The number of rotatable bonds is 6. The lowest BCUT2D eigenvalue weighted by Gasteiger charge is -2.23. The number of hydrogen-bond acceptors (Lipinski definition) is 5. The number of carbonyl (C=O) groups excluding carboxylic acids is 2. The van der Waals surface area contributed by atoms with E-state index >= 15 is 0 Å². The predicted octanol–water partition coefficient (Wildman–Crippen LogP) is 1.40. The molecule has 1 aliphatic heterocycles. The number of fused-ring (bicyclic) bond motifs is 1. The zero-order valence-electron chi connectivity index (χ0n) is 13.3. The topological polar surface area (TPSA) is 126 Å². The quantitative estimate of drug-likeness (QED) is 0.728. The van der Waals surface area contributed by atoms with Gasteiger partial charge in [0.05, 0.1) is 12.5 Å². The first-order chi connectivity index (χ1) is 12.0. The Bertz CT molecular complexity index is 802. The van der Waals surface area contributed by atoms with Crippen molar-refractivity contribution in [3.8, 4) is 0 Å². The number of amides is 2. The van der Waals surface area contributed by atoms with E-state index in [-0.39, 0.29) is 55.4 Å². The fourth-order valence-electron chi connectivity index (χ4n) is 2.64. The van der Waals surface area contributed by atoms with Crippen LogP contribution in [0.1, 0.15) is 37.3 Å². The molecule has 0 fully saturated rings. The van der Waals surface area contributed by atoms with E-state index in [1.54, 1.807) is 4.68 Å². The van der Waals surface area contributed by atoms with E-state index in [0.717, 1.165) is 5.56 Å². The van der Waals surface area contributed by atoms with Crippen molar-refractivity contribution in [2.45, 2.75) is 31.7 Å². The predicted molar refractivity (Wildman–Crippen MR) is 88.0 cm³/mol. The number of nitrogens with one attached hydrogen (secondary N) is 2. The monoisotopic (exact) mass is 343 g/mol. The third kappa shape index (κ3) is 4.00. The van der Waals surface area contributed by atoms with Gasteiger partial charge in [-0.05, 0) is 12.0 Å². The number of anilines is 2. The van der Waals surface area contributed by atoms with E-state index in [0.29, 0.717) is 0 Å². The van der Waals surface area contributed by atoms with Gasteiger partial charge in [0.1, 0.15) is 0 Å². The molecule has 9 heteroatoms. The number of nitrogens with zero attached hydrogens (tertiary/aromatic N) is 3. The van der Waals surface area contributed by atoms with Crippen molar-refractivity contribution in [2.24, 2.45) is 0 Å². The molecule has 1 atom stereocenters. The highest BCUT2D eigenvalue weighted by Crippen LogP contribution is 2.29. The molecule has 2 amide bonds. The molecule has 1 aliphatic rings. The van der Waals surface area contributed by atoms with Gasteiger partial charge in [0.2, 0.25) is 17.8 Å². The fourth-order valence-corrected chi connectivity index (χ4v) is 2.64. The molecule has 0 unspecified atom stereocenters. The summed E-state index contributed by atoms with van der Waals surface area (Å²) in [6, 6.07) is 9.15. The number of carbonyl (C=O) groups is 3. The van der Waals surface area contributed by atoms with E-state index in [2.05, 4.69) is 20.7 Å². The fraction of sp³-hybridized carbons (Fsp3) is 0.312. The van der Waals surface area contributed by atoms with Crippen molar-refractivity contribution in [1.82, 2.24) is 14.8 Å². The molecule has 1 aromatic heterocycles. The van der Waals surface area contributed by atoms with Crippen molar-refractivity contribution in [3.05, 3.63) is 35.9 Å². The van der Waals surface area contributed by atoms with E-state index < -0.39 is 5.97 Å². The molecule has 0 saturated heterocycles. The molecule has 3 rings (SSSR count). The largest absolute Gasteiger partial charge is 0.481 e. The van der Waals surface area contributed by atoms with Gasteiger partial charge >= 0.3 is 5.97 Å². The minimum absolute atomic E-state index is 0.0602. The summed E-state index contributed by atoms with van der Waals surface area (Å²) >= 11 is 0. The van der Waals surface area contributed by atoms with Crippen molar-refractivity contribution in [3.63, 3.8) is 0 Å². The van der Waals surface area contributed by atoms with Gasteiger partial charge < -0.3 is 5.11 Å². The van der Waals surface area contributed by atoms with Crippen LogP contribution in [0.2, 0.25) is 0 Å². The lowest BCUT2D eigenvalue weighted by Crippen LogP contribution is -2.29. The van der Waals surface area contributed by atoms with Crippen LogP contribution in [-0.4, -0.2) is 37.7 Å². The van der Waals surface area contributed by atoms with Gasteiger partial charge in [0, 0.05) is 12.8 Å². The normalized spacial score (nSPS) is 16.0. The second-order valence-electron chi connectivity index (χ2n) is 5.68. The molecule has 25 heavy (non-hydrogen) atoms. The van der Waals surface area contributed by atoms with Crippen LogP contribution in [-0.2, 0) is 14.4 Å². The molecular formula is C16H17N5O4. The second-order valence-corrected chi connectivity index (χ2v) is 5.68. The van der Waals surface area contributed by atoms with Crippen LogP contribution in [0, 0.1) is 0 Å². The Morgan fingerprint density at radius 2 is 2.04 bits per heavy atom. The third-order valence-corrected chi connectivity index (χ3v) is 3.79. The van der Waals surface area contributed by atoms with Crippen LogP contribution < -0.4 is 10.6 Å². The highest BCUT2D eigenvalue weighted by molar-refractivity contribution is 5.92. The molecule has 0 bridgehead atoms. The van der Waals surface area contributed by atoms with Crippen molar-refractivity contribution >= 4 is 29.7 Å². The highest BCUT2D eigenvalue weighted by atomic mass is 16.4. The van der Waals surface area contributed by atoms with Crippen LogP contribution >= 0.6 is 0 Å². The molecule has 0 aliphatic carbocycles. The van der Waals surface area contributed by atoms with E-state index in [9.17, 15) is 14.4 Å². The summed E-state index contributed by atoms with van der Waals surface area (Å²) in [5.74, 6) is -1.14. The minimum atomic E-state index is -0.947. The standard InChI is InChI=1S/C16H17N5O4/c22-12(7-4-8-14(24)25)17-15-19-16-18-13(23)9-11(21(16)20-15)10-5-2-1-3-6-10/h1-3,5-6,11H,4,7-9H2,(H,24,25)(H2,17,18,19,20,22,23)/t11-/m0/s1. The third-order valence-electron chi connectivity index (χ3n) is 3.79. The summed E-state index contributed by atoms with van der Waals surface area (Å²) in [4.78, 5) is 38.4. The van der Waals surface area contributed by atoms with E-state index in [1.165, 1.54) is 0 Å². The zero-order valence-corrected chi connectivity index (χ0v) is 13.3. The summed E-state index contributed by atoms with van der Waals surface area (Å²) < 4.78 is 1.57. The molecule has 3 N–H and O–H groups in total. The van der Waals surface area contributed by atoms with E-state index in [4.69, 9.17) is 5.11 Å². The molecule has 0 saturated carbocycles. The number of hydrogen-bond donors (Lipinski definition) is 3. The Balaban J connectivity index is 1.74. The van der Waals surface area contributed by atoms with Crippen LogP contribution in [0.3, 0.4) is 0 Å². The van der Waals surface area contributed by atoms with Crippen LogP contribution in [0.4, 0.5) is 11.9 Å². The molecule has 9 nitrogen and oxygen atoms in total. The number of aliphatic carboxylic acids is 1. The maximum absolute atomic E-state index is 11.9. The number of benzene rings is 1. The van der Waals surface area contributed by atoms with Gasteiger partial charge in [-0.2, -0.15) is 4.98 Å². The van der Waals surface area contributed by atoms with Crippen LogP contribution in [0.5, 0.6) is 0 Å². The van der Waals surface area contributed by atoms with Crippen molar-refractivity contribution in [1.29, 1.82) is 0 Å². The van der Waals surface area contributed by atoms with Crippen molar-refractivity contribution < 1.29 is 19.5 Å². The minimum Gasteiger partial charge on any atom is -0.481 e. The first-order valence-electron chi connectivity index (χ1n) is 7.86. The lowest BCUT2D eigenvalue weighted by molar-refractivity contribution is -0.137. The highest BCUT2D eigenvalue weighted by Gasteiger charge is 2.29. The van der Waals surface area contributed by atoms with Crippen LogP contribution in [0.15, 0.2) is 30.3 Å². The summed E-state index contributed by atoms with van der Waals surface area (Å²) in [7, 11) is 0. The Hall–Kier alpha value is -3.23.